The maximum Gasteiger partial charge on any atom is 0.495 e. The second kappa shape index (κ2) is 13.5. The number of ether oxygens (including phenoxy) is 4. The molecule has 1 aliphatic carbocycles. The number of carbonyl (C=O) groups is 2. The summed E-state index contributed by atoms with van der Waals surface area (Å²) in [5.74, 6) is 0.419. The average Bonchev–Trinajstić information content (AvgIpc) is 3.62. The number of hydrogen-bond acceptors (Lipinski definition) is 9. The predicted molar refractivity (Wildman–Crippen MR) is 186 cm³/mol. The van der Waals surface area contributed by atoms with Crippen LogP contribution in [0.2, 0.25) is 5.02 Å². The summed E-state index contributed by atoms with van der Waals surface area (Å²) < 4.78 is 38.2. The normalized spacial score (nSPS) is 28.3. The number of benzene rings is 1. The molecule has 4 aliphatic rings. The summed E-state index contributed by atoms with van der Waals surface area (Å²) in [4.78, 5) is 27.3. The fourth-order valence-electron chi connectivity index (χ4n) is 7.01. The fourth-order valence-corrected chi connectivity index (χ4v) is 7.36. The summed E-state index contributed by atoms with van der Waals surface area (Å²) in [6.45, 7) is 17.7. The van der Waals surface area contributed by atoms with Gasteiger partial charge in [-0.3, -0.25) is 0 Å². The van der Waals surface area contributed by atoms with Gasteiger partial charge in [0.2, 0.25) is 0 Å². The Morgan fingerprint density at radius 1 is 1.12 bits per heavy atom. The van der Waals surface area contributed by atoms with E-state index in [-0.39, 0.29) is 37.8 Å². The number of halogens is 1. The summed E-state index contributed by atoms with van der Waals surface area (Å²) in [6.07, 6.45) is 5.37. The van der Waals surface area contributed by atoms with E-state index in [0.717, 1.165) is 47.6 Å². The second-order valence-electron chi connectivity index (χ2n) is 16.3. The van der Waals surface area contributed by atoms with Crippen molar-refractivity contribution in [3.05, 3.63) is 22.8 Å². The molecule has 1 N–H and O–H groups in total. The van der Waals surface area contributed by atoms with Crippen LogP contribution in [0.5, 0.6) is 0 Å². The Kier molecular flexibility index (Phi) is 10.00. The molecule has 0 bridgehead atoms. The van der Waals surface area contributed by atoms with Gasteiger partial charge in [-0.05, 0) is 116 Å². The molecule has 270 valence electrons. The highest BCUT2D eigenvalue weighted by molar-refractivity contribution is 6.66. The number of nitrogens with one attached hydrogen (secondary N) is 1. The Hall–Kier alpha value is -2.58. The van der Waals surface area contributed by atoms with E-state index < -0.39 is 41.6 Å². The lowest BCUT2D eigenvalue weighted by molar-refractivity contribution is -0.0366. The molecule has 3 saturated heterocycles. The monoisotopic (exact) mass is 702 g/mol. The number of hydrogen-bond donors (Lipinski definition) is 1. The molecule has 14 heteroatoms. The van der Waals surface area contributed by atoms with Crippen LogP contribution >= 0.6 is 11.6 Å². The smallest absolute Gasteiger partial charge is 0.450 e. The minimum Gasteiger partial charge on any atom is -0.450 e. The van der Waals surface area contributed by atoms with Crippen LogP contribution in [0.3, 0.4) is 0 Å². The summed E-state index contributed by atoms with van der Waals surface area (Å²) in [7, 11) is -0.614. The van der Waals surface area contributed by atoms with Crippen molar-refractivity contribution in [2.45, 2.75) is 122 Å². The zero-order valence-electron chi connectivity index (χ0n) is 30.2. The van der Waals surface area contributed by atoms with Gasteiger partial charge in [0.05, 0.1) is 48.3 Å². The minimum absolute atomic E-state index is 0.136. The summed E-state index contributed by atoms with van der Waals surface area (Å²) in [6, 6.07) is 2.00. The van der Waals surface area contributed by atoms with Gasteiger partial charge >= 0.3 is 19.3 Å². The molecular formula is C35H52BClN4O8. The lowest BCUT2D eigenvalue weighted by Gasteiger charge is -2.33. The van der Waals surface area contributed by atoms with Crippen molar-refractivity contribution >= 4 is 47.3 Å². The van der Waals surface area contributed by atoms with Crippen molar-refractivity contribution in [2.24, 2.45) is 5.92 Å². The van der Waals surface area contributed by atoms with Crippen LogP contribution in [0, 0.1) is 5.92 Å². The van der Waals surface area contributed by atoms with Crippen molar-refractivity contribution < 1.29 is 37.8 Å². The topological polar surface area (TPSA) is 123 Å². The molecule has 4 fully saturated rings. The highest BCUT2D eigenvalue weighted by Gasteiger charge is 2.54. The van der Waals surface area contributed by atoms with Gasteiger partial charge in [0.25, 0.3) is 0 Å². The molecule has 4 heterocycles. The first-order chi connectivity index (χ1) is 23.0. The molecule has 2 unspecified atom stereocenters. The third-order valence-electron chi connectivity index (χ3n) is 10.4. The molecule has 0 radical (unpaired) electrons. The first kappa shape index (κ1) is 36.2. The third kappa shape index (κ3) is 7.86. The first-order valence-corrected chi connectivity index (χ1v) is 18.0. The Balaban J connectivity index is 1.14. The van der Waals surface area contributed by atoms with Gasteiger partial charge in [-0.2, -0.15) is 5.10 Å². The molecule has 12 nitrogen and oxygen atoms in total. The van der Waals surface area contributed by atoms with Crippen LogP contribution in [-0.4, -0.2) is 95.8 Å². The predicted octanol–water partition coefficient (Wildman–Crippen LogP) is 5.93. The third-order valence-corrected chi connectivity index (χ3v) is 10.7. The number of carbonyl (C=O) groups excluding carboxylic acids is 2. The van der Waals surface area contributed by atoms with Crippen LogP contribution in [0.25, 0.3) is 10.9 Å². The molecule has 2 aromatic rings. The van der Waals surface area contributed by atoms with Crippen molar-refractivity contribution in [1.82, 2.24) is 20.0 Å². The maximum atomic E-state index is 13.0. The summed E-state index contributed by atoms with van der Waals surface area (Å²) in [5.41, 5.74) is 0.324. The highest BCUT2D eigenvalue weighted by Crippen LogP contribution is 2.52. The Morgan fingerprint density at radius 2 is 1.86 bits per heavy atom. The standard InChI is InChI=1S/C35H52BClN4O8/c1-32(2,3)47-31(43)40-13-16-44-21-35(8,20-40)39-30(42)46-15-12-22-17-23(22)28-25(37)18-26-24(19-38-41(26)27-11-9-10-14-45-27)29(28)36-48-33(4,5)34(6,7)49-36/h18-19,22-23,27H,9-17,20-21H2,1-8H3,(H,39,42)/t22-,23+,27?,35?/m0/s1. The van der Waals surface area contributed by atoms with Crippen LogP contribution < -0.4 is 10.8 Å². The average molecular weight is 703 g/mol. The van der Waals surface area contributed by atoms with E-state index in [2.05, 4.69) is 5.32 Å². The highest BCUT2D eigenvalue weighted by atomic mass is 35.5. The van der Waals surface area contributed by atoms with E-state index in [1.807, 2.05) is 72.3 Å². The number of amides is 2. The number of nitrogens with zero attached hydrogens (tertiary/aromatic N) is 3. The molecular weight excluding hydrogens is 651 g/mol. The van der Waals surface area contributed by atoms with Crippen LogP contribution in [0.1, 0.15) is 105 Å². The van der Waals surface area contributed by atoms with E-state index in [1.54, 1.807) is 4.90 Å². The van der Waals surface area contributed by atoms with Crippen molar-refractivity contribution in [3.63, 3.8) is 0 Å². The van der Waals surface area contributed by atoms with Gasteiger partial charge in [0.1, 0.15) is 5.60 Å². The Labute approximate surface area is 294 Å². The molecule has 1 aromatic heterocycles. The fraction of sp³-hybridized carbons (Fsp3) is 0.743. The summed E-state index contributed by atoms with van der Waals surface area (Å²) in [5, 5.41) is 9.31. The van der Waals surface area contributed by atoms with E-state index in [4.69, 9.17) is 45.0 Å². The quantitative estimate of drug-likeness (QED) is 0.350. The molecule has 3 aliphatic heterocycles. The molecule has 6 rings (SSSR count). The van der Waals surface area contributed by atoms with Gasteiger partial charge in [0.15, 0.2) is 6.23 Å². The lowest BCUT2D eigenvalue weighted by Crippen LogP contribution is -2.56. The second-order valence-corrected chi connectivity index (χ2v) is 16.7. The van der Waals surface area contributed by atoms with Gasteiger partial charge in [-0.1, -0.05) is 11.6 Å². The molecule has 49 heavy (non-hydrogen) atoms. The van der Waals surface area contributed by atoms with Crippen LogP contribution in [0.4, 0.5) is 9.59 Å². The molecule has 1 aromatic carbocycles. The number of rotatable bonds is 7. The van der Waals surface area contributed by atoms with Crippen molar-refractivity contribution in [2.75, 3.05) is 39.5 Å². The van der Waals surface area contributed by atoms with E-state index in [1.165, 1.54) is 0 Å². The minimum atomic E-state index is -0.833. The number of fused-ring (bicyclic) bond motifs is 1. The van der Waals surface area contributed by atoms with Gasteiger partial charge in [-0.25, -0.2) is 14.3 Å². The summed E-state index contributed by atoms with van der Waals surface area (Å²) >= 11 is 7.15. The lowest BCUT2D eigenvalue weighted by atomic mass is 9.72. The zero-order valence-corrected chi connectivity index (χ0v) is 31.0. The zero-order chi connectivity index (χ0) is 35.4. The molecule has 0 spiro atoms. The van der Waals surface area contributed by atoms with E-state index in [9.17, 15) is 9.59 Å². The van der Waals surface area contributed by atoms with Crippen LogP contribution in [-0.2, 0) is 28.3 Å². The molecule has 1 saturated carbocycles. The van der Waals surface area contributed by atoms with Gasteiger partial charge < -0.3 is 38.5 Å². The van der Waals surface area contributed by atoms with Gasteiger partial charge in [-0.15, -0.1) is 0 Å². The van der Waals surface area contributed by atoms with Crippen LogP contribution in [0.15, 0.2) is 12.3 Å². The van der Waals surface area contributed by atoms with Gasteiger partial charge in [0, 0.05) is 30.1 Å². The number of alkyl carbamates (subject to hydrolysis) is 1. The van der Waals surface area contributed by atoms with E-state index in [0.29, 0.717) is 31.2 Å². The molecule has 2 amide bonds. The first-order valence-electron chi connectivity index (χ1n) is 17.6. The van der Waals surface area contributed by atoms with Crippen molar-refractivity contribution in [1.29, 1.82) is 0 Å². The Bertz CT molecular complexity index is 1540. The van der Waals surface area contributed by atoms with Crippen molar-refractivity contribution in [3.8, 4) is 0 Å². The Morgan fingerprint density at radius 3 is 2.53 bits per heavy atom. The molecule has 4 atom stereocenters. The maximum absolute atomic E-state index is 13.0. The largest absolute Gasteiger partial charge is 0.495 e. The number of aromatic nitrogens is 2. The van der Waals surface area contributed by atoms with E-state index >= 15 is 0 Å². The SMILES string of the molecule is CC1(NC(=O)OCC[C@H]2C[C@H]2c2c(Cl)cc3c(cnn3C3CCCCO3)c2B2OC(C)(C)C(C)(C)O2)COCCN(C(=O)OC(C)(C)C)C1.